The standard InChI is InChI=1S/C16H11ClN2O4S3/c1-23-15(20)13-6-9(16(24-2)26-13)14-18-11(7-25-14)8-3-4-10(17)12(5-8)19(21)22/h3-7H,1-2H3. The highest BCUT2D eigenvalue weighted by Crippen LogP contribution is 2.41. The minimum absolute atomic E-state index is 0.0828. The minimum atomic E-state index is -0.521. The van der Waals surface area contributed by atoms with E-state index in [0.29, 0.717) is 16.1 Å². The summed E-state index contributed by atoms with van der Waals surface area (Å²) in [4.78, 5) is 27.4. The van der Waals surface area contributed by atoms with E-state index in [2.05, 4.69) is 4.98 Å². The third kappa shape index (κ3) is 3.61. The lowest BCUT2D eigenvalue weighted by Crippen LogP contribution is -1.96. The lowest BCUT2D eigenvalue weighted by Gasteiger charge is -1.99. The molecule has 0 saturated carbocycles. The average molecular weight is 427 g/mol. The van der Waals surface area contributed by atoms with E-state index in [-0.39, 0.29) is 16.7 Å². The van der Waals surface area contributed by atoms with E-state index in [1.807, 2.05) is 11.6 Å². The predicted octanol–water partition coefficient (Wildman–Crippen LogP) is 5.61. The van der Waals surface area contributed by atoms with Gasteiger partial charge in [-0.1, -0.05) is 17.7 Å². The normalized spacial score (nSPS) is 10.7. The molecule has 0 amide bonds. The van der Waals surface area contributed by atoms with E-state index < -0.39 is 4.92 Å². The van der Waals surface area contributed by atoms with Crippen molar-refractivity contribution in [1.29, 1.82) is 0 Å². The first-order valence-electron chi connectivity index (χ1n) is 7.11. The monoisotopic (exact) mass is 426 g/mol. The number of hydrogen-bond donors (Lipinski definition) is 0. The Hall–Kier alpha value is -1.94. The van der Waals surface area contributed by atoms with Gasteiger partial charge >= 0.3 is 5.97 Å². The molecule has 0 saturated heterocycles. The number of aromatic nitrogens is 1. The molecule has 0 bridgehead atoms. The molecule has 0 spiro atoms. The zero-order valence-corrected chi connectivity index (χ0v) is 16.7. The van der Waals surface area contributed by atoms with Gasteiger partial charge in [-0.25, -0.2) is 9.78 Å². The van der Waals surface area contributed by atoms with Crippen molar-refractivity contribution >= 4 is 57.7 Å². The first-order valence-corrected chi connectivity index (χ1v) is 10.4. The molecule has 0 unspecified atom stereocenters. The van der Waals surface area contributed by atoms with Crippen LogP contribution in [0, 0.1) is 10.1 Å². The van der Waals surface area contributed by atoms with Crippen molar-refractivity contribution in [2.45, 2.75) is 4.21 Å². The number of hydrogen-bond acceptors (Lipinski definition) is 8. The molecule has 2 aromatic heterocycles. The maximum absolute atomic E-state index is 11.8. The van der Waals surface area contributed by atoms with E-state index in [9.17, 15) is 14.9 Å². The van der Waals surface area contributed by atoms with Gasteiger partial charge in [-0.3, -0.25) is 10.1 Å². The summed E-state index contributed by atoms with van der Waals surface area (Å²) in [5.74, 6) is -0.387. The van der Waals surface area contributed by atoms with Crippen molar-refractivity contribution < 1.29 is 14.5 Å². The van der Waals surface area contributed by atoms with Crippen LogP contribution in [0.25, 0.3) is 21.8 Å². The second-order valence-corrected chi connectivity index (χ2v) is 8.36. The molecule has 0 aliphatic rings. The molecule has 2 heterocycles. The lowest BCUT2D eigenvalue weighted by molar-refractivity contribution is -0.384. The van der Waals surface area contributed by atoms with E-state index >= 15 is 0 Å². The molecular weight excluding hydrogens is 416 g/mol. The number of thiazole rings is 1. The van der Waals surface area contributed by atoms with Gasteiger partial charge in [0.2, 0.25) is 0 Å². The third-order valence-corrected chi connectivity index (χ3v) is 6.89. The van der Waals surface area contributed by atoms with Crippen LogP contribution in [0.1, 0.15) is 9.67 Å². The summed E-state index contributed by atoms with van der Waals surface area (Å²) in [5, 5.41) is 13.7. The van der Waals surface area contributed by atoms with Crippen molar-refractivity contribution in [3.05, 3.63) is 49.7 Å². The zero-order chi connectivity index (χ0) is 18.8. The van der Waals surface area contributed by atoms with Gasteiger partial charge in [0.05, 0.1) is 21.9 Å². The predicted molar refractivity (Wildman–Crippen MR) is 106 cm³/mol. The summed E-state index contributed by atoms with van der Waals surface area (Å²) in [6.07, 6.45) is 1.92. The summed E-state index contributed by atoms with van der Waals surface area (Å²) in [6, 6.07) is 6.35. The number of thiophene rings is 1. The molecule has 0 fully saturated rings. The topological polar surface area (TPSA) is 82.3 Å². The first-order chi connectivity index (χ1) is 12.4. The number of benzene rings is 1. The number of carbonyl (C=O) groups excluding carboxylic acids is 1. The van der Waals surface area contributed by atoms with E-state index in [1.54, 1.807) is 12.1 Å². The van der Waals surface area contributed by atoms with Gasteiger partial charge in [0.15, 0.2) is 0 Å². The molecule has 10 heteroatoms. The second kappa shape index (κ2) is 7.75. The number of nitro benzene ring substituents is 1. The molecule has 0 aliphatic heterocycles. The highest BCUT2D eigenvalue weighted by Gasteiger charge is 2.19. The molecule has 0 aliphatic carbocycles. The second-order valence-electron chi connectivity index (χ2n) is 4.97. The van der Waals surface area contributed by atoms with Crippen LogP contribution in [0.2, 0.25) is 5.02 Å². The average Bonchev–Trinajstić information content (AvgIpc) is 3.27. The Bertz CT molecular complexity index is 999. The van der Waals surface area contributed by atoms with Gasteiger partial charge in [0.25, 0.3) is 5.69 Å². The maximum atomic E-state index is 11.8. The fourth-order valence-corrected chi connectivity index (χ4v) is 5.17. The van der Waals surface area contributed by atoms with Gasteiger partial charge in [-0.15, -0.1) is 34.4 Å². The number of halogens is 1. The van der Waals surface area contributed by atoms with E-state index in [0.717, 1.165) is 14.8 Å². The summed E-state index contributed by atoms with van der Waals surface area (Å²) in [6.45, 7) is 0. The zero-order valence-electron chi connectivity index (χ0n) is 13.5. The molecule has 134 valence electrons. The van der Waals surface area contributed by atoms with Gasteiger partial charge in [-0.05, 0) is 18.4 Å². The molecular formula is C16H11ClN2O4S3. The van der Waals surface area contributed by atoms with Crippen LogP contribution in [-0.4, -0.2) is 29.2 Å². The maximum Gasteiger partial charge on any atom is 0.348 e. The minimum Gasteiger partial charge on any atom is -0.465 e. The molecule has 3 aromatic rings. The van der Waals surface area contributed by atoms with Gasteiger partial charge in [-0.2, -0.15) is 0 Å². The third-order valence-electron chi connectivity index (χ3n) is 3.44. The molecule has 1 aromatic carbocycles. The molecule has 26 heavy (non-hydrogen) atoms. The lowest BCUT2D eigenvalue weighted by atomic mass is 10.1. The molecule has 3 rings (SSSR count). The fraction of sp³-hybridized carbons (Fsp3) is 0.125. The van der Waals surface area contributed by atoms with Crippen LogP contribution in [0.5, 0.6) is 0 Å². The van der Waals surface area contributed by atoms with Crippen LogP contribution in [-0.2, 0) is 4.74 Å². The van der Waals surface area contributed by atoms with Crippen molar-refractivity contribution in [3.63, 3.8) is 0 Å². The Morgan fingerprint density at radius 2 is 2.15 bits per heavy atom. The van der Waals surface area contributed by atoms with Crippen LogP contribution >= 0.6 is 46.0 Å². The van der Waals surface area contributed by atoms with E-state index in [4.69, 9.17) is 16.3 Å². The van der Waals surface area contributed by atoms with Crippen molar-refractivity contribution in [1.82, 2.24) is 4.98 Å². The molecule has 0 radical (unpaired) electrons. The fourth-order valence-electron chi connectivity index (χ4n) is 2.22. The Kier molecular flexibility index (Phi) is 5.61. The summed E-state index contributed by atoms with van der Waals surface area (Å²) < 4.78 is 5.73. The summed E-state index contributed by atoms with van der Waals surface area (Å²) in [5.41, 5.74) is 1.91. The molecule has 0 atom stereocenters. The van der Waals surface area contributed by atoms with Crippen LogP contribution in [0.3, 0.4) is 0 Å². The molecule has 0 N–H and O–H groups in total. The highest BCUT2D eigenvalue weighted by atomic mass is 35.5. The number of methoxy groups -OCH3 is 1. The van der Waals surface area contributed by atoms with Crippen molar-refractivity contribution in [2.24, 2.45) is 0 Å². The van der Waals surface area contributed by atoms with Crippen LogP contribution in [0.4, 0.5) is 5.69 Å². The van der Waals surface area contributed by atoms with Crippen LogP contribution < -0.4 is 0 Å². The number of ether oxygens (including phenoxy) is 1. The Labute approximate surface area is 165 Å². The van der Waals surface area contributed by atoms with Gasteiger partial charge < -0.3 is 4.74 Å². The quantitative estimate of drug-likeness (QED) is 0.228. The number of esters is 1. The van der Waals surface area contributed by atoms with Gasteiger partial charge in [0, 0.05) is 22.6 Å². The number of nitrogens with zero attached hydrogens (tertiary/aromatic N) is 2. The summed E-state index contributed by atoms with van der Waals surface area (Å²) >= 11 is 10.1. The van der Waals surface area contributed by atoms with Crippen molar-refractivity contribution in [2.75, 3.05) is 13.4 Å². The molecule has 6 nitrogen and oxygen atoms in total. The van der Waals surface area contributed by atoms with Crippen LogP contribution in [0.15, 0.2) is 33.9 Å². The largest absolute Gasteiger partial charge is 0.465 e. The van der Waals surface area contributed by atoms with E-state index in [1.165, 1.54) is 53.7 Å². The van der Waals surface area contributed by atoms with Gasteiger partial charge in [0.1, 0.15) is 14.9 Å². The number of thioether (sulfide) groups is 1. The summed E-state index contributed by atoms with van der Waals surface area (Å²) in [7, 11) is 1.34. The first kappa shape index (κ1) is 18.8. The number of nitro groups is 1. The Balaban J connectivity index is 2.01. The Morgan fingerprint density at radius 1 is 1.38 bits per heavy atom. The smallest absolute Gasteiger partial charge is 0.348 e. The van der Waals surface area contributed by atoms with Crippen molar-refractivity contribution in [3.8, 4) is 21.8 Å². The Morgan fingerprint density at radius 3 is 2.81 bits per heavy atom. The SMILES string of the molecule is COC(=O)c1cc(-c2nc(-c3ccc(Cl)c([N+](=O)[O-])c3)cs2)c(SC)s1. The number of carbonyl (C=O) groups is 1. The number of rotatable bonds is 5. The highest BCUT2D eigenvalue weighted by molar-refractivity contribution is 8.00.